The summed E-state index contributed by atoms with van der Waals surface area (Å²) < 4.78 is 4.74. The molecular formula is C10H11NO3. The summed E-state index contributed by atoms with van der Waals surface area (Å²) in [5.41, 5.74) is 0. The lowest BCUT2D eigenvalue weighted by atomic mass is 10.3. The molecule has 4 heteroatoms. The molecule has 4 nitrogen and oxygen atoms in total. The van der Waals surface area contributed by atoms with Crippen LogP contribution in [0.4, 0.5) is 0 Å². The lowest BCUT2D eigenvalue weighted by molar-refractivity contribution is -0.116. The number of rotatable bonds is 0. The van der Waals surface area contributed by atoms with E-state index in [4.69, 9.17) is 4.74 Å². The van der Waals surface area contributed by atoms with Gasteiger partial charge in [0.15, 0.2) is 11.6 Å². The maximum absolute atomic E-state index is 10.3. The van der Waals surface area contributed by atoms with Crippen molar-refractivity contribution in [2.75, 3.05) is 6.61 Å². The number of carbonyl (C=O) groups excluding carboxylic acids is 2. The third-order valence-electron chi connectivity index (χ3n) is 1.56. The third kappa shape index (κ3) is 4.35. The fraction of sp³-hybridized carbons (Fsp3) is 0.300. The van der Waals surface area contributed by atoms with E-state index in [-0.39, 0.29) is 11.6 Å². The Morgan fingerprint density at radius 1 is 1.21 bits per heavy atom. The van der Waals surface area contributed by atoms with Crippen molar-refractivity contribution in [3.63, 3.8) is 0 Å². The molecule has 0 radical (unpaired) electrons. The van der Waals surface area contributed by atoms with Crippen LogP contribution in [0.2, 0.25) is 0 Å². The summed E-state index contributed by atoms with van der Waals surface area (Å²) >= 11 is 0. The van der Waals surface area contributed by atoms with Crippen molar-refractivity contribution in [2.45, 2.75) is 12.8 Å². The van der Waals surface area contributed by atoms with Gasteiger partial charge in [-0.3, -0.25) is 14.6 Å². The first-order valence-electron chi connectivity index (χ1n) is 4.31. The van der Waals surface area contributed by atoms with E-state index in [1.54, 1.807) is 6.21 Å². The molecule has 0 unspecified atom stereocenters. The van der Waals surface area contributed by atoms with E-state index in [0.717, 1.165) is 0 Å². The van der Waals surface area contributed by atoms with Gasteiger partial charge in [-0.2, -0.15) is 0 Å². The molecule has 0 aliphatic carbocycles. The topological polar surface area (TPSA) is 55.7 Å². The minimum atomic E-state index is 0.134. The van der Waals surface area contributed by atoms with Crippen molar-refractivity contribution in [3.8, 4) is 0 Å². The summed E-state index contributed by atoms with van der Waals surface area (Å²) in [6, 6.07) is 0. The normalized spacial score (nSPS) is 18.6. The van der Waals surface area contributed by atoms with Crippen LogP contribution < -0.4 is 0 Å². The molecule has 0 N–H and O–H groups in total. The Morgan fingerprint density at radius 3 is 2.36 bits per heavy atom. The molecule has 0 saturated heterocycles. The summed E-state index contributed by atoms with van der Waals surface area (Å²) in [5.74, 6) is 0.293. The van der Waals surface area contributed by atoms with Crippen molar-refractivity contribution in [3.05, 3.63) is 24.6 Å². The average molecular weight is 193 g/mol. The smallest absolute Gasteiger partial charge is 0.162 e. The van der Waals surface area contributed by atoms with E-state index in [1.807, 2.05) is 0 Å². The molecule has 2 heterocycles. The van der Waals surface area contributed by atoms with Gasteiger partial charge in [-0.05, 0) is 6.08 Å². The first-order chi connectivity index (χ1) is 6.79. The van der Waals surface area contributed by atoms with E-state index in [9.17, 15) is 9.59 Å². The van der Waals surface area contributed by atoms with Crippen molar-refractivity contribution in [1.82, 2.24) is 0 Å². The molecule has 2 rings (SSSR count). The Hall–Kier alpha value is -1.71. The van der Waals surface area contributed by atoms with Gasteiger partial charge in [0.25, 0.3) is 0 Å². The number of allylic oxidation sites excluding steroid dienone is 2. The Labute approximate surface area is 82.0 Å². The van der Waals surface area contributed by atoms with Gasteiger partial charge in [-0.25, -0.2) is 0 Å². The number of carbonyl (C=O) groups is 2. The van der Waals surface area contributed by atoms with E-state index < -0.39 is 0 Å². The number of nitrogens with zero attached hydrogens (tertiary/aromatic N) is 1. The van der Waals surface area contributed by atoms with Gasteiger partial charge in [0.1, 0.15) is 0 Å². The number of aliphatic imine (C=N–C) groups is 1. The second kappa shape index (κ2) is 5.85. The van der Waals surface area contributed by atoms with E-state index in [0.29, 0.717) is 19.4 Å². The van der Waals surface area contributed by atoms with Crippen molar-refractivity contribution in [1.29, 1.82) is 0 Å². The van der Waals surface area contributed by atoms with Gasteiger partial charge in [-0.15, -0.1) is 0 Å². The molecule has 2 aliphatic rings. The number of hydrogen-bond acceptors (Lipinski definition) is 4. The van der Waals surface area contributed by atoms with Crippen molar-refractivity contribution < 1.29 is 14.3 Å². The predicted molar refractivity (Wildman–Crippen MR) is 52.0 cm³/mol. The van der Waals surface area contributed by atoms with Crippen LogP contribution in [0.25, 0.3) is 0 Å². The highest BCUT2D eigenvalue weighted by molar-refractivity contribution is 6.00. The van der Waals surface area contributed by atoms with Crippen LogP contribution in [0.15, 0.2) is 29.6 Å². The van der Waals surface area contributed by atoms with Crippen molar-refractivity contribution >= 4 is 17.8 Å². The fourth-order valence-electron chi connectivity index (χ4n) is 0.833. The lowest BCUT2D eigenvalue weighted by Crippen LogP contribution is -2.03. The van der Waals surface area contributed by atoms with Crippen LogP contribution in [0, 0.1) is 0 Å². The standard InChI is InChI=1S/C5H5NO.C5H6O2/c7-5-1-3-6-4-2-5;6-5-1-3-7-4-2-5/h1,3-4H,2H2;1,3H,2,4H2. The zero-order valence-corrected chi connectivity index (χ0v) is 7.68. The minimum Gasteiger partial charge on any atom is -0.501 e. The molecule has 14 heavy (non-hydrogen) atoms. The van der Waals surface area contributed by atoms with Gasteiger partial charge >= 0.3 is 0 Å². The highest BCUT2D eigenvalue weighted by atomic mass is 16.5. The molecule has 2 aliphatic heterocycles. The Kier molecular flexibility index (Phi) is 4.34. The molecule has 0 amide bonds. The first-order valence-corrected chi connectivity index (χ1v) is 4.31. The quantitative estimate of drug-likeness (QED) is 0.577. The fourth-order valence-corrected chi connectivity index (χ4v) is 0.833. The molecule has 0 spiro atoms. The third-order valence-corrected chi connectivity index (χ3v) is 1.56. The molecule has 0 aromatic heterocycles. The van der Waals surface area contributed by atoms with E-state index >= 15 is 0 Å². The molecule has 0 aromatic rings. The molecular weight excluding hydrogens is 182 g/mol. The Morgan fingerprint density at radius 2 is 2.07 bits per heavy atom. The van der Waals surface area contributed by atoms with Gasteiger partial charge in [0.2, 0.25) is 0 Å². The first kappa shape index (κ1) is 10.4. The monoisotopic (exact) mass is 193 g/mol. The highest BCUT2D eigenvalue weighted by Gasteiger charge is 1.99. The summed E-state index contributed by atoms with van der Waals surface area (Å²) in [7, 11) is 0. The largest absolute Gasteiger partial charge is 0.501 e. The summed E-state index contributed by atoms with van der Waals surface area (Å²) in [6.07, 6.45) is 8.47. The lowest BCUT2D eigenvalue weighted by Gasteiger charge is -2.01. The zero-order valence-electron chi connectivity index (χ0n) is 7.68. The zero-order chi connectivity index (χ0) is 10.2. The maximum Gasteiger partial charge on any atom is 0.162 e. The van der Waals surface area contributed by atoms with Crippen LogP contribution in [0.1, 0.15) is 12.8 Å². The average Bonchev–Trinajstić information content (AvgIpc) is 2.21. The summed E-state index contributed by atoms with van der Waals surface area (Å²) in [5, 5.41) is 0. The second-order valence-corrected chi connectivity index (χ2v) is 2.71. The maximum atomic E-state index is 10.3. The number of ketones is 2. The van der Waals surface area contributed by atoms with E-state index in [2.05, 4.69) is 4.99 Å². The van der Waals surface area contributed by atoms with Gasteiger partial charge in [0.05, 0.1) is 12.9 Å². The molecule has 0 saturated carbocycles. The van der Waals surface area contributed by atoms with Crippen LogP contribution in [0.3, 0.4) is 0 Å². The van der Waals surface area contributed by atoms with Gasteiger partial charge in [-0.1, -0.05) is 0 Å². The Bertz CT molecular complexity index is 300. The molecule has 0 aromatic carbocycles. The molecule has 0 bridgehead atoms. The Balaban J connectivity index is 0.000000140. The van der Waals surface area contributed by atoms with Gasteiger partial charge in [0, 0.05) is 31.3 Å². The van der Waals surface area contributed by atoms with Crippen LogP contribution >= 0.6 is 0 Å². The summed E-state index contributed by atoms with van der Waals surface area (Å²) in [6.45, 7) is 0.551. The highest BCUT2D eigenvalue weighted by Crippen LogP contribution is 1.94. The number of ether oxygens (including phenoxy) is 1. The second-order valence-electron chi connectivity index (χ2n) is 2.71. The molecule has 0 fully saturated rings. The van der Waals surface area contributed by atoms with E-state index in [1.165, 1.54) is 24.6 Å². The molecule has 0 atom stereocenters. The van der Waals surface area contributed by atoms with Crippen LogP contribution in [-0.4, -0.2) is 24.4 Å². The minimum absolute atomic E-state index is 0.134. The summed E-state index contributed by atoms with van der Waals surface area (Å²) in [4.78, 5) is 24.3. The predicted octanol–water partition coefficient (Wildman–Crippen LogP) is 1.03. The van der Waals surface area contributed by atoms with Crippen LogP contribution in [0.5, 0.6) is 0 Å². The van der Waals surface area contributed by atoms with Crippen molar-refractivity contribution in [2.24, 2.45) is 4.99 Å². The SMILES string of the molecule is O=C1C=CN=CC1.O=C1C=COCC1. The van der Waals surface area contributed by atoms with Gasteiger partial charge < -0.3 is 4.74 Å². The molecule has 74 valence electrons. The van der Waals surface area contributed by atoms with Crippen LogP contribution in [-0.2, 0) is 14.3 Å². The number of hydrogen-bond donors (Lipinski definition) is 0.